The number of aryl methyl sites for hydroxylation is 1. The highest BCUT2D eigenvalue weighted by Crippen LogP contribution is 2.41. The Hall–Kier alpha value is -3.66. The summed E-state index contributed by atoms with van der Waals surface area (Å²) < 4.78 is 22.3. The Morgan fingerprint density at radius 3 is 2.07 bits per heavy atom. The minimum absolute atomic E-state index is 0.330. The molecule has 4 heteroatoms. The number of nitrogens with zero attached hydrogens (tertiary/aromatic N) is 1. The molecule has 2 heterocycles. The molecule has 0 saturated heterocycles. The van der Waals surface area contributed by atoms with Crippen LogP contribution in [0.25, 0.3) is 44.3 Å². The van der Waals surface area contributed by atoms with E-state index < -0.39 is 5.63 Å². The molecule has 5 rings (SSSR count). The number of para-hydroxylation sites is 1. The minimum Gasteiger partial charge on any atom is -0.405 e. The Labute approximate surface area is 166 Å². The molecular formula is C25H18FNO2. The summed E-state index contributed by atoms with van der Waals surface area (Å²) in [6.45, 7) is 2.40. The van der Waals surface area contributed by atoms with E-state index in [4.69, 9.17) is 4.42 Å². The molecular weight excluding hydrogens is 365 g/mol. The highest BCUT2D eigenvalue weighted by molar-refractivity contribution is 6.16. The van der Waals surface area contributed by atoms with Gasteiger partial charge in [-0.25, -0.2) is 9.18 Å². The lowest BCUT2D eigenvalue weighted by Gasteiger charge is -2.11. The average Bonchev–Trinajstić information content (AvgIpc) is 3.08. The molecule has 3 aromatic carbocycles. The molecule has 29 heavy (non-hydrogen) atoms. The molecule has 142 valence electrons. The Bertz CT molecular complexity index is 1400. The van der Waals surface area contributed by atoms with E-state index in [0.717, 1.165) is 27.5 Å². The maximum Gasteiger partial charge on any atom is 0.346 e. The van der Waals surface area contributed by atoms with Crippen LogP contribution in [-0.2, 0) is 6.54 Å². The summed E-state index contributed by atoms with van der Waals surface area (Å²) in [7, 11) is 0. The van der Waals surface area contributed by atoms with Crippen LogP contribution in [0.1, 0.15) is 6.92 Å². The maximum absolute atomic E-state index is 14.8. The zero-order chi connectivity index (χ0) is 20.0. The van der Waals surface area contributed by atoms with Crippen LogP contribution in [0.2, 0.25) is 0 Å². The van der Waals surface area contributed by atoms with Crippen LogP contribution in [-0.4, -0.2) is 4.57 Å². The predicted molar refractivity (Wildman–Crippen MR) is 114 cm³/mol. The number of rotatable bonds is 3. The zero-order valence-corrected chi connectivity index (χ0v) is 15.9. The Morgan fingerprint density at radius 1 is 0.828 bits per heavy atom. The van der Waals surface area contributed by atoms with Gasteiger partial charge < -0.3 is 8.98 Å². The van der Waals surface area contributed by atoms with E-state index in [0.29, 0.717) is 23.3 Å². The number of benzene rings is 3. The van der Waals surface area contributed by atoms with Crippen LogP contribution in [0.4, 0.5) is 4.39 Å². The molecule has 3 nitrogen and oxygen atoms in total. The van der Waals surface area contributed by atoms with Crippen molar-refractivity contribution in [2.75, 3.05) is 0 Å². The van der Waals surface area contributed by atoms with Gasteiger partial charge >= 0.3 is 5.63 Å². The van der Waals surface area contributed by atoms with Gasteiger partial charge in [0, 0.05) is 17.5 Å². The van der Waals surface area contributed by atoms with Gasteiger partial charge in [-0.3, -0.25) is 0 Å². The van der Waals surface area contributed by atoms with Crippen LogP contribution in [0, 0.1) is 5.82 Å². The molecule has 0 unspecified atom stereocenters. The van der Waals surface area contributed by atoms with Crippen molar-refractivity contribution < 1.29 is 8.81 Å². The number of hydrogen-bond acceptors (Lipinski definition) is 2. The molecule has 0 spiro atoms. The third-order valence-corrected chi connectivity index (χ3v) is 5.32. The number of halogens is 1. The number of aromatic nitrogens is 1. The first kappa shape index (κ1) is 17.4. The molecule has 5 aromatic rings. The molecule has 0 aliphatic rings. The van der Waals surface area contributed by atoms with Crippen molar-refractivity contribution in [3.8, 4) is 22.3 Å². The van der Waals surface area contributed by atoms with Gasteiger partial charge in [0.15, 0.2) is 0 Å². The summed E-state index contributed by atoms with van der Waals surface area (Å²) in [6.07, 6.45) is 0. The first-order valence-electron chi connectivity index (χ1n) is 9.59. The quantitative estimate of drug-likeness (QED) is 0.370. The van der Waals surface area contributed by atoms with E-state index >= 15 is 0 Å². The molecule has 2 aromatic heterocycles. The molecule has 0 amide bonds. The summed E-state index contributed by atoms with van der Waals surface area (Å²) in [4.78, 5) is 13.2. The van der Waals surface area contributed by atoms with Gasteiger partial charge in [-0.1, -0.05) is 72.8 Å². The summed E-state index contributed by atoms with van der Waals surface area (Å²) in [5, 5.41) is 1.49. The van der Waals surface area contributed by atoms with E-state index in [1.165, 1.54) is 6.07 Å². The SMILES string of the molecule is CCn1c2oc(=O)c(-c3ccccc3)c(-c3ccccc3)c2c2cccc(F)c21. The molecule has 0 saturated carbocycles. The van der Waals surface area contributed by atoms with Crippen molar-refractivity contribution in [1.29, 1.82) is 0 Å². The Kier molecular flexibility index (Phi) is 4.06. The highest BCUT2D eigenvalue weighted by Gasteiger charge is 2.24. The average molecular weight is 383 g/mol. The smallest absolute Gasteiger partial charge is 0.346 e. The van der Waals surface area contributed by atoms with Gasteiger partial charge in [0.2, 0.25) is 5.71 Å². The molecule has 0 aliphatic heterocycles. The van der Waals surface area contributed by atoms with Gasteiger partial charge in [-0.05, 0) is 24.1 Å². The zero-order valence-electron chi connectivity index (χ0n) is 15.9. The van der Waals surface area contributed by atoms with Crippen molar-refractivity contribution in [1.82, 2.24) is 4.57 Å². The third kappa shape index (κ3) is 2.60. The van der Waals surface area contributed by atoms with Crippen molar-refractivity contribution in [2.24, 2.45) is 0 Å². The second-order valence-corrected chi connectivity index (χ2v) is 6.93. The van der Waals surface area contributed by atoms with Crippen molar-refractivity contribution in [3.63, 3.8) is 0 Å². The first-order valence-corrected chi connectivity index (χ1v) is 9.59. The van der Waals surface area contributed by atoms with Gasteiger partial charge in [0.1, 0.15) is 5.82 Å². The van der Waals surface area contributed by atoms with E-state index in [2.05, 4.69) is 0 Å². The molecule has 0 aliphatic carbocycles. The van der Waals surface area contributed by atoms with E-state index in [-0.39, 0.29) is 5.82 Å². The van der Waals surface area contributed by atoms with Gasteiger partial charge in [-0.15, -0.1) is 0 Å². The fraction of sp³-hybridized carbons (Fsp3) is 0.0800. The first-order chi connectivity index (χ1) is 14.2. The molecule has 0 fully saturated rings. The largest absolute Gasteiger partial charge is 0.405 e. The Balaban J connectivity index is 2.08. The number of hydrogen-bond donors (Lipinski definition) is 0. The van der Waals surface area contributed by atoms with Gasteiger partial charge in [-0.2, -0.15) is 0 Å². The maximum atomic E-state index is 14.8. The van der Waals surface area contributed by atoms with Gasteiger partial charge in [0.25, 0.3) is 0 Å². The lowest BCUT2D eigenvalue weighted by atomic mass is 9.93. The molecule has 0 N–H and O–H groups in total. The monoisotopic (exact) mass is 383 g/mol. The predicted octanol–water partition coefficient (Wildman–Crippen LogP) is 6.24. The summed E-state index contributed by atoms with van der Waals surface area (Å²) in [5.41, 5.74) is 3.35. The highest BCUT2D eigenvalue weighted by atomic mass is 19.1. The molecule has 0 bridgehead atoms. The second-order valence-electron chi connectivity index (χ2n) is 6.93. The van der Waals surface area contributed by atoms with E-state index in [1.54, 1.807) is 10.6 Å². The summed E-state index contributed by atoms with van der Waals surface area (Å²) in [5.74, 6) is -0.330. The summed E-state index contributed by atoms with van der Waals surface area (Å²) >= 11 is 0. The normalized spacial score (nSPS) is 11.4. The van der Waals surface area contributed by atoms with Crippen molar-refractivity contribution in [3.05, 3.63) is 95.1 Å². The number of fused-ring (bicyclic) bond motifs is 3. The summed E-state index contributed by atoms with van der Waals surface area (Å²) in [6, 6.07) is 24.2. The van der Waals surface area contributed by atoms with Gasteiger partial charge in [0.05, 0.1) is 16.5 Å². The van der Waals surface area contributed by atoms with E-state index in [9.17, 15) is 9.18 Å². The van der Waals surface area contributed by atoms with Crippen LogP contribution in [0.5, 0.6) is 0 Å². The van der Waals surface area contributed by atoms with Crippen LogP contribution in [0.15, 0.2) is 88.1 Å². The van der Waals surface area contributed by atoms with Crippen molar-refractivity contribution >= 4 is 22.0 Å². The fourth-order valence-electron chi connectivity index (χ4n) is 4.12. The topological polar surface area (TPSA) is 35.1 Å². The minimum atomic E-state index is -0.430. The van der Waals surface area contributed by atoms with Crippen LogP contribution in [0.3, 0.4) is 0 Å². The van der Waals surface area contributed by atoms with Crippen molar-refractivity contribution in [2.45, 2.75) is 13.5 Å². The Morgan fingerprint density at radius 2 is 1.45 bits per heavy atom. The van der Waals surface area contributed by atoms with Crippen LogP contribution >= 0.6 is 0 Å². The fourth-order valence-corrected chi connectivity index (χ4v) is 4.12. The third-order valence-electron chi connectivity index (χ3n) is 5.32. The lowest BCUT2D eigenvalue weighted by Crippen LogP contribution is -2.07. The molecule has 0 radical (unpaired) electrons. The second kappa shape index (κ2) is 6.74. The standard InChI is InChI=1S/C25H18FNO2/c1-2-27-23-18(14-9-15-19(23)26)22-20(16-10-5-3-6-11-16)21(25(28)29-24(22)27)17-12-7-4-8-13-17/h3-15H,2H2,1H3. The molecule has 0 atom stereocenters. The lowest BCUT2D eigenvalue weighted by molar-refractivity contribution is 0.529. The van der Waals surface area contributed by atoms with E-state index in [1.807, 2.05) is 73.7 Å². The van der Waals surface area contributed by atoms with Crippen LogP contribution < -0.4 is 5.63 Å².